The molecule has 4 nitrogen and oxygen atoms in total. The Bertz CT molecular complexity index is 273. The van der Waals surface area contributed by atoms with E-state index in [1.807, 2.05) is 6.92 Å². The second kappa shape index (κ2) is 4.10. The van der Waals surface area contributed by atoms with E-state index in [0.29, 0.717) is 13.1 Å². The Morgan fingerprint density at radius 3 is 2.77 bits per heavy atom. The lowest BCUT2D eigenvalue weighted by atomic mass is 10.5. The highest BCUT2D eigenvalue weighted by molar-refractivity contribution is 9.09. The zero-order valence-corrected chi connectivity index (χ0v) is 8.44. The SMILES string of the molecule is CCNCc1noc(C(F)(F)Br)n1. The molecule has 0 fully saturated rings. The van der Waals surface area contributed by atoms with Crippen molar-refractivity contribution in [2.75, 3.05) is 6.54 Å². The first-order chi connectivity index (χ1) is 6.04. The van der Waals surface area contributed by atoms with E-state index in [1.165, 1.54) is 0 Å². The molecule has 0 radical (unpaired) electrons. The maximum atomic E-state index is 12.5. The summed E-state index contributed by atoms with van der Waals surface area (Å²) < 4.78 is 29.3. The first kappa shape index (κ1) is 10.5. The Balaban J connectivity index is 2.64. The second-order valence-corrected chi connectivity index (χ2v) is 3.29. The van der Waals surface area contributed by atoms with Gasteiger partial charge in [0.25, 0.3) is 0 Å². The molecule has 0 saturated carbocycles. The minimum absolute atomic E-state index is 0.218. The van der Waals surface area contributed by atoms with Crippen LogP contribution in [0.4, 0.5) is 8.78 Å². The number of hydrogen-bond donors (Lipinski definition) is 1. The predicted octanol–water partition coefficient (Wildman–Crippen LogP) is 1.62. The zero-order chi connectivity index (χ0) is 9.90. The minimum Gasteiger partial charge on any atom is -0.331 e. The summed E-state index contributed by atoms with van der Waals surface area (Å²) in [4.78, 5) is 0.236. The summed E-state index contributed by atoms with van der Waals surface area (Å²) in [6.45, 7) is 2.93. The molecule has 74 valence electrons. The van der Waals surface area contributed by atoms with Gasteiger partial charge < -0.3 is 9.84 Å². The van der Waals surface area contributed by atoms with Gasteiger partial charge in [-0.25, -0.2) is 0 Å². The average Bonchev–Trinajstić information content (AvgIpc) is 2.47. The van der Waals surface area contributed by atoms with E-state index in [9.17, 15) is 8.78 Å². The molecule has 0 atom stereocenters. The highest BCUT2D eigenvalue weighted by Gasteiger charge is 2.34. The van der Waals surface area contributed by atoms with Crippen LogP contribution in [-0.2, 0) is 11.4 Å². The average molecular weight is 256 g/mol. The van der Waals surface area contributed by atoms with Crippen LogP contribution < -0.4 is 5.32 Å². The Morgan fingerprint density at radius 2 is 2.31 bits per heavy atom. The van der Waals surface area contributed by atoms with Crippen molar-refractivity contribution in [3.8, 4) is 0 Å². The van der Waals surface area contributed by atoms with Crippen LogP contribution in [0.5, 0.6) is 0 Å². The van der Waals surface area contributed by atoms with E-state index in [1.54, 1.807) is 0 Å². The smallest absolute Gasteiger partial charge is 0.331 e. The van der Waals surface area contributed by atoms with E-state index >= 15 is 0 Å². The van der Waals surface area contributed by atoms with Crippen molar-refractivity contribution in [1.82, 2.24) is 15.5 Å². The molecule has 13 heavy (non-hydrogen) atoms. The van der Waals surface area contributed by atoms with Crippen molar-refractivity contribution >= 4 is 15.9 Å². The number of alkyl halides is 3. The van der Waals surface area contributed by atoms with Crippen LogP contribution in [0.25, 0.3) is 0 Å². The second-order valence-electron chi connectivity index (χ2n) is 2.29. The summed E-state index contributed by atoms with van der Waals surface area (Å²) in [5.41, 5.74) is 0. The Morgan fingerprint density at radius 1 is 1.62 bits per heavy atom. The normalized spacial score (nSPS) is 12.0. The minimum atomic E-state index is -3.25. The standard InChI is InChI=1S/C6H8BrF2N3O/c1-2-10-3-4-11-5(13-12-4)6(7,8)9/h10H,2-3H2,1H3. The van der Waals surface area contributed by atoms with Crippen LogP contribution in [-0.4, -0.2) is 16.7 Å². The molecule has 0 saturated heterocycles. The Labute approximate surface area is 81.8 Å². The lowest BCUT2D eigenvalue weighted by Crippen LogP contribution is -2.13. The molecular formula is C6H8BrF2N3O. The fraction of sp³-hybridized carbons (Fsp3) is 0.667. The number of rotatable bonds is 4. The summed E-state index contributed by atoms with van der Waals surface area (Å²) in [5.74, 6) is -0.503. The number of nitrogens with zero attached hydrogens (tertiary/aromatic N) is 2. The van der Waals surface area contributed by atoms with Gasteiger partial charge in [0, 0.05) is 15.9 Å². The monoisotopic (exact) mass is 255 g/mol. The van der Waals surface area contributed by atoms with Crippen molar-refractivity contribution in [2.45, 2.75) is 18.3 Å². The maximum absolute atomic E-state index is 12.5. The van der Waals surface area contributed by atoms with Gasteiger partial charge in [-0.1, -0.05) is 12.1 Å². The fourth-order valence-corrected chi connectivity index (χ4v) is 0.839. The van der Waals surface area contributed by atoms with Crippen LogP contribution in [0.2, 0.25) is 0 Å². The van der Waals surface area contributed by atoms with Gasteiger partial charge in [0.15, 0.2) is 5.82 Å². The lowest BCUT2D eigenvalue weighted by molar-refractivity contribution is 0.0725. The molecule has 0 aromatic carbocycles. The molecule has 1 N–H and O–H groups in total. The number of hydrogen-bond acceptors (Lipinski definition) is 4. The molecule has 0 aliphatic heterocycles. The van der Waals surface area contributed by atoms with Crippen molar-refractivity contribution in [2.24, 2.45) is 0 Å². The fourth-order valence-electron chi connectivity index (χ4n) is 0.678. The van der Waals surface area contributed by atoms with Gasteiger partial charge in [-0.3, -0.25) is 0 Å². The summed E-state index contributed by atoms with van der Waals surface area (Å²) in [5, 5.41) is 6.25. The number of nitrogens with one attached hydrogen (secondary N) is 1. The van der Waals surface area contributed by atoms with Crippen molar-refractivity contribution in [3.05, 3.63) is 11.7 Å². The summed E-state index contributed by atoms with van der Waals surface area (Å²) in [7, 11) is 0. The van der Waals surface area contributed by atoms with Gasteiger partial charge in [0.05, 0.1) is 6.54 Å². The van der Waals surface area contributed by atoms with E-state index in [4.69, 9.17) is 0 Å². The largest absolute Gasteiger partial charge is 0.378 e. The molecule has 1 heterocycles. The molecule has 0 aliphatic carbocycles. The van der Waals surface area contributed by atoms with Crippen molar-refractivity contribution < 1.29 is 13.3 Å². The summed E-state index contributed by atoms with van der Waals surface area (Å²) >= 11 is 2.12. The van der Waals surface area contributed by atoms with Gasteiger partial charge in [0.2, 0.25) is 0 Å². The predicted molar refractivity (Wildman–Crippen MR) is 44.5 cm³/mol. The maximum Gasteiger partial charge on any atom is 0.378 e. The molecule has 0 bridgehead atoms. The van der Waals surface area contributed by atoms with Crippen LogP contribution in [0.3, 0.4) is 0 Å². The van der Waals surface area contributed by atoms with E-state index in [2.05, 4.69) is 35.9 Å². The van der Waals surface area contributed by atoms with Gasteiger partial charge in [-0.2, -0.15) is 13.8 Å². The van der Waals surface area contributed by atoms with Gasteiger partial charge >= 0.3 is 10.7 Å². The van der Waals surface area contributed by atoms with Crippen LogP contribution in [0.15, 0.2) is 4.52 Å². The molecule has 0 spiro atoms. The van der Waals surface area contributed by atoms with Crippen LogP contribution >= 0.6 is 15.9 Å². The first-order valence-corrected chi connectivity index (χ1v) is 4.44. The van der Waals surface area contributed by atoms with Gasteiger partial charge in [-0.15, -0.1) is 0 Å². The summed E-state index contributed by atoms with van der Waals surface area (Å²) in [6.07, 6.45) is 0. The molecule has 1 rings (SSSR count). The first-order valence-electron chi connectivity index (χ1n) is 3.64. The summed E-state index contributed by atoms with van der Waals surface area (Å²) in [6, 6.07) is 0. The lowest BCUT2D eigenvalue weighted by Gasteiger charge is -1.98. The van der Waals surface area contributed by atoms with Crippen molar-refractivity contribution in [3.63, 3.8) is 0 Å². The highest BCUT2D eigenvalue weighted by Crippen LogP contribution is 2.32. The highest BCUT2D eigenvalue weighted by atomic mass is 79.9. The Kier molecular flexibility index (Phi) is 3.32. The van der Waals surface area contributed by atoms with E-state index in [-0.39, 0.29) is 5.82 Å². The molecule has 0 unspecified atom stereocenters. The number of halogens is 3. The van der Waals surface area contributed by atoms with Gasteiger partial charge in [0.1, 0.15) is 0 Å². The van der Waals surface area contributed by atoms with Crippen LogP contribution in [0, 0.1) is 0 Å². The van der Waals surface area contributed by atoms with E-state index < -0.39 is 10.7 Å². The van der Waals surface area contributed by atoms with Gasteiger partial charge in [-0.05, 0) is 6.54 Å². The third kappa shape index (κ3) is 3.00. The molecule has 7 heteroatoms. The topological polar surface area (TPSA) is 51.0 Å². The third-order valence-electron chi connectivity index (χ3n) is 1.24. The van der Waals surface area contributed by atoms with Crippen molar-refractivity contribution in [1.29, 1.82) is 0 Å². The third-order valence-corrected chi connectivity index (χ3v) is 1.58. The Hall–Kier alpha value is -0.560. The molecule has 1 aromatic rings. The number of aromatic nitrogens is 2. The molecular weight excluding hydrogens is 248 g/mol. The molecule has 0 aliphatic rings. The van der Waals surface area contributed by atoms with Crippen LogP contribution in [0.1, 0.15) is 18.6 Å². The molecule has 1 aromatic heterocycles. The quantitative estimate of drug-likeness (QED) is 0.831. The van der Waals surface area contributed by atoms with E-state index in [0.717, 1.165) is 0 Å². The zero-order valence-electron chi connectivity index (χ0n) is 6.85. The molecule has 0 amide bonds.